The molecule has 6 nitrogen and oxygen atoms in total. The van der Waals surface area contributed by atoms with Crippen molar-refractivity contribution in [3.05, 3.63) is 29.6 Å². The average molecular weight is 291 g/mol. The molecular weight excluding hydrogens is 270 g/mol. The maximum atomic E-state index is 12.4. The lowest BCUT2D eigenvalue weighted by atomic mass is 9.97. The van der Waals surface area contributed by atoms with E-state index in [-0.39, 0.29) is 12.5 Å². The van der Waals surface area contributed by atoms with E-state index in [0.717, 1.165) is 25.1 Å². The van der Waals surface area contributed by atoms with Gasteiger partial charge in [-0.2, -0.15) is 0 Å². The molecule has 1 aliphatic rings. The van der Waals surface area contributed by atoms with Gasteiger partial charge in [0, 0.05) is 31.5 Å². The van der Waals surface area contributed by atoms with Crippen molar-refractivity contribution < 1.29 is 14.7 Å². The maximum Gasteiger partial charge on any atom is 0.317 e. The van der Waals surface area contributed by atoms with Crippen molar-refractivity contribution in [1.29, 1.82) is 0 Å². The molecule has 2 N–H and O–H groups in total. The first kappa shape index (κ1) is 15.4. The summed E-state index contributed by atoms with van der Waals surface area (Å²) in [6, 6.07) is 3.64. The zero-order valence-electron chi connectivity index (χ0n) is 12.2. The number of amides is 1. The molecular formula is C15H21N3O3. The van der Waals surface area contributed by atoms with Crippen LogP contribution in [0.2, 0.25) is 0 Å². The van der Waals surface area contributed by atoms with Gasteiger partial charge < -0.3 is 15.3 Å². The summed E-state index contributed by atoms with van der Waals surface area (Å²) in [6.45, 7) is 3.90. The van der Waals surface area contributed by atoms with E-state index in [9.17, 15) is 9.59 Å². The molecule has 1 atom stereocenters. The first-order chi connectivity index (χ1) is 10.1. The summed E-state index contributed by atoms with van der Waals surface area (Å²) >= 11 is 0. The number of aryl methyl sites for hydroxylation is 1. The van der Waals surface area contributed by atoms with E-state index in [2.05, 4.69) is 10.3 Å². The predicted molar refractivity (Wildman–Crippen MR) is 78.1 cm³/mol. The second-order valence-electron chi connectivity index (χ2n) is 5.47. The van der Waals surface area contributed by atoms with E-state index in [4.69, 9.17) is 5.11 Å². The van der Waals surface area contributed by atoms with Gasteiger partial charge in [-0.05, 0) is 37.8 Å². The molecule has 0 bridgehead atoms. The Morgan fingerprint density at radius 2 is 2.29 bits per heavy atom. The summed E-state index contributed by atoms with van der Waals surface area (Å²) < 4.78 is 0. The fraction of sp³-hybridized carbons (Fsp3) is 0.533. The zero-order valence-corrected chi connectivity index (χ0v) is 12.2. The summed E-state index contributed by atoms with van der Waals surface area (Å²) in [7, 11) is 0. The second kappa shape index (κ2) is 7.17. The molecule has 2 rings (SSSR count). The smallest absolute Gasteiger partial charge is 0.317 e. The Bertz CT molecular complexity index is 501. The lowest BCUT2D eigenvalue weighted by molar-refractivity contribution is -0.136. The molecule has 1 amide bonds. The molecule has 0 aliphatic carbocycles. The fourth-order valence-corrected chi connectivity index (χ4v) is 2.58. The highest BCUT2D eigenvalue weighted by Gasteiger charge is 2.24. The highest BCUT2D eigenvalue weighted by Crippen LogP contribution is 2.18. The number of aliphatic carboxylic acids is 1. The first-order valence-corrected chi connectivity index (χ1v) is 7.20. The number of rotatable bonds is 5. The molecule has 1 saturated heterocycles. The van der Waals surface area contributed by atoms with Gasteiger partial charge in [0.2, 0.25) is 0 Å². The highest BCUT2D eigenvalue weighted by molar-refractivity contribution is 5.94. The van der Waals surface area contributed by atoms with Crippen LogP contribution in [0.4, 0.5) is 0 Å². The van der Waals surface area contributed by atoms with Crippen molar-refractivity contribution in [1.82, 2.24) is 15.2 Å². The van der Waals surface area contributed by atoms with Crippen LogP contribution in [0, 0.1) is 12.8 Å². The van der Waals surface area contributed by atoms with E-state index >= 15 is 0 Å². The van der Waals surface area contributed by atoms with Crippen molar-refractivity contribution in [2.24, 2.45) is 5.92 Å². The number of carboxylic acids is 1. The largest absolute Gasteiger partial charge is 0.480 e. The van der Waals surface area contributed by atoms with E-state index in [0.29, 0.717) is 24.6 Å². The lowest BCUT2D eigenvalue weighted by Gasteiger charge is -2.32. The summed E-state index contributed by atoms with van der Waals surface area (Å²) in [5.41, 5.74) is 1.50. The van der Waals surface area contributed by atoms with Crippen LogP contribution in [0.15, 0.2) is 18.3 Å². The molecule has 1 aliphatic heterocycles. The molecule has 0 saturated carbocycles. The first-order valence-electron chi connectivity index (χ1n) is 7.20. The molecule has 1 unspecified atom stereocenters. The Labute approximate surface area is 124 Å². The number of carbonyl (C=O) groups is 2. The van der Waals surface area contributed by atoms with Crippen LogP contribution in [0.5, 0.6) is 0 Å². The van der Waals surface area contributed by atoms with Gasteiger partial charge in [0.1, 0.15) is 0 Å². The number of carboxylic acid groups (broad SMARTS) is 1. The van der Waals surface area contributed by atoms with Gasteiger partial charge in [0.05, 0.1) is 12.1 Å². The van der Waals surface area contributed by atoms with Crippen molar-refractivity contribution >= 4 is 11.9 Å². The summed E-state index contributed by atoms with van der Waals surface area (Å²) in [4.78, 5) is 28.9. The van der Waals surface area contributed by atoms with Crippen LogP contribution >= 0.6 is 0 Å². The summed E-state index contributed by atoms with van der Waals surface area (Å²) in [5.74, 6) is -0.546. The minimum absolute atomic E-state index is 0.00503. The summed E-state index contributed by atoms with van der Waals surface area (Å²) in [6.07, 6.45) is 3.58. The number of piperidine rings is 1. The highest BCUT2D eigenvalue weighted by atomic mass is 16.4. The Kier molecular flexibility index (Phi) is 5.27. The minimum atomic E-state index is -0.857. The topological polar surface area (TPSA) is 82.5 Å². The molecule has 0 aromatic carbocycles. The van der Waals surface area contributed by atoms with Crippen LogP contribution in [0.25, 0.3) is 0 Å². The predicted octanol–water partition coefficient (Wildman–Crippen LogP) is 0.916. The Morgan fingerprint density at radius 1 is 1.48 bits per heavy atom. The molecule has 1 aromatic rings. The number of nitrogens with zero attached hydrogens (tertiary/aromatic N) is 2. The third-order valence-corrected chi connectivity index (χ3v) is 3.67. The van der Waals surface area contributed by atoms with Gasteiger partial charge in [-0.3, -0.25) is 14.6 Å². The van der Waals surface area contributed by atoms with Gasteiger partial charge in [-0.15, -0.1) is 0 Å². The molecule has 2 heterocycles. The monoisotopic (exact) mass is 291 g/mol. The van der Waals surface area contributed by atoms with Crippen LogP contribution in [-0.2, 0) is 4.79 Å². The summed E-state index contributed by atoms with van der Waals surface area (Å²) in [5, 5.41) is 11.5. The fourth-order valence-electron chi connectivity index (χ4n) is 2.58. The van der Waals surface area contributed by atoms with E-state index in [1.165, 1.54) is 0 Å². The van der Waals surface area contributed by atoms with Crippen LogP contribution in [0.3, 0.4) is 0 Å². The van der Waals surface area contributed by atoms with Crippen LogP contribution in [-0.4, -0.2) is 53.0 Å². The third kappa shape index (κ3) is 4.53. The Morgan fingerprint density at radius 3 is 2.95 bits per heavy atom. The normalized spacial score (nSPS) is 18.5. The van der Waals surface area contributed by atoms with Crippen LogP contribution in [0.1, 0.15) is 28.9 Å². The Balaban J connectivity index is 1.89. The number of pyridine rings is 1. The number of hydrogen-bond acceptors (Lipinski definition) is 4. The van der Waals surface area contributed by atoms with E-state index in [1.54, 1.807) is 12.3 Å². The van der Waals surface area contributed by atoms with Crippen molar-refractivity contribution in [3.63, 3.8) is 0 Å². The van der Waals surface area contributed by atoms with Gasteiger partial charge in [-0.25, -0.2) is 0 Å². The number of carbonyl (C=O) groups excluding carboxylic acids is 1. The van der Waals surface area contributed by atoms with Crippen molar-refractivity contribution in [2.45, 2.75) is 19.8 Å². The third-order valence-electron chi connectivity index (χ3n) is 3.67. The maximum absolute atomic E-state index is 12.4. The molecule has 0 radical (unpaired) electrons. The van der Waals surface area contributed by atoms with Crippen molar-refractivity contribution in [2.75, 3.05) is 26.2 Å². The van der Waals surface area contributed by atoms with Crippen LogP contribution < -0.4 is 5.32 Å². The number of nitrogens with one attached hydrogen (secondary N) is 1. The van der Waals surface area contributed by atoms with E-state index < -0.39 is 5.97 Å². The molecule has 114 valence electrons. The van der Waals surface area contributed by atoms with Gasteiger partial charge in [0.15, 0.2) is 0 Å². The lowest BCUT2D eigenvalue weighted by Crippen LogP contribution is -2.43. The number of hydrogen-bond donors (Lipinski definition) is 2. The van der Waals surface area contributed by atoms with Gasteiger partial charge in [-0.1, -0.05) is 0 Å². The molecule has 1 aromatic heterocycles. The second-order valence-corrected chi connectivity index (χ2v) is 5.47. The number of likely N-dealkylation sites (tertiary alicyclic amines) is 1. The molecule has 21 heavy (non-hydrogen) atoms. The van der Waals surface area contributed by atoms with Gasteiger partial charge >= 0.3 is 5.97 Å². The Hall–Kier alpha value is -1.95. The van der Waals surface area contributed by atoms with Gasteiger partial charge in [0.25, 0.3) is 5.91 Å². The van der Waals surface area contributed by atoms with Crippen molar-refractivity contribution in [3.8, 4) is 0 Å². The molecule has 1 fully saturated rings. The SMILES string of the molecule is Cc1ccc(C(=O)N2CCCC(CNCC(=O)O)C2)cn1. The average Bonchev–Trinajstić information content (AvgIpc) is 2.47. The van der Waals surface area contributed by atoms with E-state index in [1.807, 2.05) is 17.9 Å². The number of aromatic nitrogens is 1. The zero-order chi connectivity index (χ0) is 15.2. The minimum Gasteiger partial charge on any atom is -0.480 e. The molecule has 0 spiro atoms. The molecule has 6 heteroatoms. The quantitative estimate of drug-likeness (QED) is 0.843. The standard InChI is InChI=1S/C15H21N3O3/c1-11-4-5-13(8-17-11)15(21)18-6-2-3-12(10-18)7-16-9-14(19)20/h4-5,8,12,16H,2-3,6-7,9-10H2,1H3,(H,19,20).